The highest BCUT2D eigenvalue weighted by Gasteiger charge is 2.41. The summed E-state index contributed by atoms with van der Waals surface area (Å²) in [4.78, 5) is 26.4. The summed E-state index contributed by atoms with van der Waals surface area (Å²) in [7, 11) is 1.37. The van der Waals surface area contributed by atoms with Crippen LogP contribution in [0.4, 0.5) is 26.6 Å². The lowest BCUT2D eigenvalue weighted by atomic mass is 9.92. The number of carbonyl (C=O) groups excluding carboxylic acids is 1. The summed E-state index contributed by atoms with van der Waals surface area (Å²) < 4.78 is 26.5. The molecule has 0 bridgehead atoms. The van der Waals surface area contributed by atoms with Crippen LogP contribution in [0.5, 0.6) is 11.5 Å². The van der Waals surface area contributed by atoms with Gasteiger partial charge in [0.05, 0.1) is 20.3 Å². The molecule has 2 heterocycles. The molecule has 2 aliphatic carbocycles. The van der Waals surface area contributed by atoms with Gasteiger partial charge in [0.1, 0.15) is 22.3 Å². The third-order valence-corrected chi connectivity index (χ3v) is 7.90. The minimum absolute atomic E-state index is 0.0260. The van der Waals surface area contributed by atoms with Crippen LogP contribution in [0, 0.1) is 5.82 Å². The van der Waals surface area contributed by atoms with E-state index in [1.54, 1.807) is 18.0 Å². The lowest BCUT2D eigenvalue weighted by Crippen LogP contribution is -2.52. The number of hydrogen-bond donors (Lipinski definition) is 2. The highest BCUT2D eigenvalue weighted by molar-refractivity contribution is 6.35. The molecule has 0 radical (unpaired) electrons. The Balaban J connectivity index is 1.53. The van der Waals surface area contributed by atoms with Gasteiger partial charge >= 0.3 is 6.03 Å². The van der Waals surface area contributed by atoms with Gasteiger partial charge < -0.3 is 20.5 Å². The highest BCUT2D eigenvalue weighted by atomic mass is 35.5. The highest BCUT2D eigenvalue weighted by Crippen LogP contribution is 2.45. The number of ether oxygens (including phenoxy) is 2. The molecule has 1 aliphatic heterocycles. The Labute approximate surface area is 221 Å². The predicted molar refractivity (Wildman–Crippen MR) is 141 cm³/mol. The van der Waals surface area contributed by atoms with Crippen molar-refractivity contribution in [2.75, 3.05) is 28.8 Å². The molecule has 1 aromatic carbocycles. The van der Waals surface area contributed by atoms with Crippen LogP contribution in [0.1, 0.15) is 63.9 Å². The number of anilines is 3. The van der Waals surface area contributed by atoms with Crippen molar-refractivity contribution in [3.05, 3.63) is 28.7 Å². The lowest BCUT2D eigenvalue weighted by molar-refractivity contribution is 0.247. The molecule has 2 aromatic rings. The molecule has 9 nitrogen and oxygen atoms in total. The maximum atomic E-state index is 15.6. The number of carbonyl (C=O) groups is 1. The minimum atomic E-state index is -0.714. The molecule has 11 heteroatoms. The van der Waals surface area contributed by atoms with Crippen LogP contribution in [0.25, 0.3) is 0 Å². The summed E-state index contributed by atoms with van der Waals surface area (Å²) in [6.45, 7) is 2.21. The first-order valence-electron chi connectivity index (χ1n) is 13.1. The zero-order chi connectivity index (χ0) is 26.1. The van der Waals surface area contributed by atoms with Gasteiger partial charge in [0.25, 0.3) is 0 Å². The molecule has 3 aliphatic rings. The number of halogens is 2. The summed E-state index contributed by atoms with van der Waals surface area (Å²) in [5.74, 6) is 0.562. The van der Waals surface area contributed by atoms with Crippen molar-refractivity contribution in [3.63, 3.8) is 0 Å². The average Bonchev–Trinajstić information content (AvgIpc) is 3.42. The van der Waals surface area contributed by atoms with Crippen LogP contribution in [-0.2, 0) is 6.54 Å². The van der Waals surface area contributed by atoms with Crippen molar-refractivity contribution in [1.29, 1.82) is 0 Å². The van der Waals surface area contributed by atoms with Crippen LogP contribution in [0.3, 0.4) is 0 Å². The van der Waals surface area contributed by atoms with Crippen LogP contribution in [0.2, 0.25) is 5.02 Å². The fourth-order valence-corrected chi connectivity index (χ4v) is 5.87. The van der Waals surface area contributed by atoms with Crippen LogP contribution >= 0.6 is 11.6 Å². The van der Waals surface area contributed by atoms with Crippen LogP contribution in [-0.4, -0.2) is 47.8 Å². The molecule has 200 valence electrons. The molecule has 0 unspecified atom stereocenters. The molecule has 1 aromatic heterocycles. The molecule has 2 fully saturated rings. The van der Waals surface area contributed by atoms with E-state index in [4.69, 9.17) is 31.8 Å². The Bertz CT molecular complexity index is 1150. The molecule has 5 rings (SSSR count). The number of rotatable bonds is 7. The fourth-order valence-electron chi connectivity index (χ4n) is 5.58. The first kappa shape index (κ1) is 25.8. The number of nitrogens with two attached hydrogens (primary N) is 1. The second-order valence-electron chi connectivity index (χ2n) is 9.96. The summed E-state index contributed by atoms with van der Waals surface area (Å²) in [5, 5.41) is 3.46. The van der Waals surface area contributed by atoms with E-state index in [-0.39, 0.29) is 52.9 Å². The molecule has 37 heavy (non-hydrogen) atoms. The molecule has 0 saturated heterocycles. The van der Waals surface area contributed by atoms with Gasteiger partial charge in [0.15, 0.2) is 11.6 Å². The predicted octanol–water partition coefficient (Wildman–Crippen LogP) is 5.25. The van der Waals surface area contributed by atoms with Gasteiger partial charge in [0, 0.05) is 36.0 Å². The maximum Gasteiger partial charge on any atom is 0.330 e. The second kappa shape index (κ2) is 10.9. The first-order chi connectivity index (χ1) is 17.9. The normalized spacial score (nSPS) is 22.2. The zero-order valence-corrected chi connectivity index (χ0v) is 22.1. The number of urea groups is 1. The average molecular weight is 533 g/mol. The van der Waals surface area contributed by atoms with Crippen molar-refractivity contribution in [3.8, 4) is 11.5 Å². The largest absolute Gasteiger partial charge is 0.493 e. The number of amides is 2. The fraction of sp³-hybridized carbons (Fsp3) is 0.577. The summed E-state index contributed by atoms with van der Waals surface area (Å²) in [6, 6.07) is 1.49. The summed E-state index contributed by atoms with van der Waals surface area (Å²) in [5.41, 5.74) is 6.71. The molecule has 3 N–H and O–H groups in total. The third kappa shape index (κ3) is 5.01. The molecule has 2 amide bonds. The number of benzene rings is 1. The number of nitrogens with one attached hydrogen (secondary N) is 1. The number of methoxy groups -OCH3 is 1. The minimum Gasteiger partial charge on any atom is -0.493 e. The molecule has 0 atom stereocenters. The van der Waals surface area contributed by atoms with Crippen LogP contribution < -0.4 is 30.3 Å². The quantitative estimate of drug-likeness (QED) is 0.501. The van der Waals surface area contributed by atoms with Gasteiger partial charge in [-0.25, -0.2) is 14.2 Å². The lowest BCUT2D eigenvalue weighted by Gasteiger charge is -2.39. The zero-order valence-electron chi connectivity index (χ0n) is 21.3. The van der Waals surface area contributed by atoms with Gasteiger partial charge in [-0.05, 0) is 45.4 Å². The smallest absolute Gasteiger partial charge is 0.330 e. The topological polar surface area (TPSA) is 106 Å². The van der Waals surface area contributed by atoms with Gasteiger partial charge in [-0.1, -0.05) is 24.4 Å². The van der Waals surface area contributed by atoms with Crippen molar-refractivity contribution in [2.45, 2.75) is 83.0 Å². The van der Waals surface area contributed by atoms with E-state index in [0.29, 0.717) is 18.4 Å². The van der Waals surface area contributed by atoms with Crippen molar-refractivity contribution in [2.24, 2.45) is 5.73 Å². The number of hydrogen-bond acceptors (Lipinski definition) is 7. The molecule has 2 saturated carbocycles. The first-order valence-corrected chi connectivity index (χ1v) is 13.5. The van der Waals surface area contributed by atoms with E-state index >= 15 is 4.39 Å². The molecule has 0 spiro atoms. The summed E-state index contributed by atoms with van der Waals surface area (Å²) in [6.07, 6.45) is 9.29. The van der Waals surface area contributed by atoms with E-state index in [1.165, 1.54) is 18.1 Å². The molecular weight excluding hydrogens is 499 g/mol. The van der Waals surface area contributed by atoms with Gasteiger partial charge in [-0.2, -0.15) is 4.98 Å². The van der Waals surface area contributed by atoms with E-state index in [0.717, 1.165) is 56.9 Å². The number of nitrogens with zero attached hydrogens (tertiary/aromatic N) is 4. The maximum absolute atomic E-state index is 15.6. The van der Waals surface area contributed by atoms with Crippen molar-refractivity contribution >= 4 is 35.1 Å². The Morgan fingerprint density at radius 2 is 1.92 bits per heavy atom. The summed E-state index contributed by atoms with van der Waals surface area (Å²) >= 11 is 6.62. The van der Waals surface area contributed by atoms with E-state index in [1.807, 2.05) is 0 Å². The third-order valence-electron chi connectivity index (χ3n) is 7.53. The standard InChI is InChI=1S/C26H34ClFN6O3/c1-3-37-19-12-20(36-2)22(28)23(21(19)27)33-14-15-13-30-25(31-17-10-8-16(29)9-11-17)32-24(15)34(26(33)35)18-6-4-5-7-18/h12-13,16-18H,3-11,14,29H2,1-2H3,(H,30,31,32). The van der Waals surface area contributed by atoms with Crippen LogP contribution in [0.15, 0.2) is 12.3 Å². The second-order valence-corrected chi connectivity index (χ2v) is 10.3. The van der Waals surface area contributed by atoms with E-state index in [2.05, 4.69) is 10.3 Å². The van der Waals surface area contributed by atoms with E-state index < -0.39 is 5.82 Å². The number of fused-ring (bicyclic) bond motifs is 1. The van der Waals surface area contributed by atoms with Gasteiger partial charge in [-0.15, -0.1) is 0 Å². The van der Waals surface area contributed by atoms with E-state index in [9.17, 15) is 4.79 Å². The van der Waals surface area contributed by atoms with Crippen molar-refractivity contribution in [1.82, 2.24) is 9.97 Å². The van der Waals surface area contributed by atoms with Crippen molar-refractivity contribution < 1.29 is 18.7 Å². The Hall–Kier alpha value is -2.85. The Morgan fingerprint density at radius 3 is 2.59 bits per heavy atom. The number of aromatic nitrogens is 2. The molecular formula is C26H34ClFN6O3. The van der Waals surface area contributed by atoms with Gasteiger partial charge in [-0.3, -0.25) is 9.80 Å². The Morgan fingerprint density at radius 1 is 1.19 bits per heavy atom. The SMILES string of the molecule is CCOc1cc(OC)c(F)c(N2Cc3cnc(NC4CCC(N)CC4)nc3N(C3CCCC3)C2=O)c1Cl. The van der Waals surface area contributed by atoms with Gasteiger partial charge in [0.2, 0.25) is 5.95 Å². The monoisotopic (exact) mass is 532 g/mol. The Kier molecular flexibility index (Phi) is 7.57.